The molecule has 0 N–H and O–H groups in total. The van der Waals surface area contributed by atoms with Gasteiger partial charge >= 0.3 is 6.16 Å². The van der Waals surface area contributed by atoms with Crippen LogP contribution in [0.4, 0.5) is 4.79 Å². The van der Waals surface area contributed by atoms with Gasteiger partial charge in [-0.15, -0.1) is 4.37 Å². The van der Waals surface area contributed by atoms with Gasteiger partial charge in [0, 0.05) is 18.9 Å². The van der Waals surface area contributed by atoms with Crippen LogP contribution in [0.2, 0.25) is 0 Å². The highest BCUT2D eigenvalue weighted by molar-refractivity contribution is 6.99. The predicted octanol–water partition coefficient (Wildman–Crippen LogP) is 6.20. The lowest BCUT2D eigenvalue weighted by atomic mass is 10.0. The van der Waals surface area contributed by atoms with Crippen molar-refractivity contribution >= 4 is 23.5 Å². The number of nitrogens with zero attached hydrogens (tertiary/aromatic N) is 3. The molecule has 0 amide bonds. The molecule has 182 valence electrons. The zero-order valence-electron chi connectivity index (χ0n) is 20.4. The van der Waals surface area contributed by atoms with E-state index in [2.05, 4.69) is 35.7 Å². The maximum atomic E-state index is 12.2. The standard InChI is InChI=1S/C24H42N3O4S/c1-5-7-9-11-13-18-30-24(28)31-20(3)27(4)16-14-15-21(19-27)22-23(26-32-25-22)29-17-12-10-8-6-2/h15,20H,5-14,16-19H2,1-4H3/q+1/t20-,27?/m1/s1. The molecule has 32 heavy (non-hydrogen) atoms. The highest BCUT2D eigenvalue weighted by Gasteiger charge is 2.37. The molecule has 0 saturated carbocycles. The summed E-state index contributed by atoms with van der Waals surface area (Å²) in [6.45, 7) is 9.02. The molecule has 0 aliphatic carbocycles. The van der Waals surface area contributed by atoms with Crippen LogP contribution in [0.15, 0.2) is 6.08 Å². The van der Waals surface area contributed by atoms with Gasteiger partial charge < -0.3 is 14.2 Å². The average molecular weight is 469 g/mol. The average Bonchev–Trinajstić information content (AvgIpc) is 3.24. The van der Waals surface area contributed by atoms with E-state index in [4.69, 9.17) is 14.2 Å². The van der Waals surface area contributed by atoms with Crippen LogP contribution in [0.1, 0.15) is 90.7 Å². The molecule has 8 heteroatoms. The minimum Gasteiger partial charge on any atom is -0.475 e. The number of rotatable bonds is 15. The summed E-state index contributed by atoms with van der Waals surface area (Å²) >= 11 is 1.19. The number of carbonyl (C=O) groups is 1. The van der Waals surface area contributed by atoms with Crippen molar-refractivity contribution in [1.82, 2.24) is 8.75 Å². The molecule has 1 aromatic heterocycles. The fraction of sp³-hybridized carbons (Fsp3) is 0.792. The Morgan fingerprint density at radius 2 is 1.75 bits per heavy atom. The van der Waals surface area contributed by atoms with Crippen molar-refractivity contribution in [3.8, 4) is 5.88 Å². The Balaban J connectivity index is 1.83. The van der Waals surface area contributed by atoms with E-state index in [0.717, 1.165) is 43.5 Å². The summed E-state index contributed by atoms with van der Waals surface area (Å²) in [5.41, 5.74) is 1.94. The van der Waals surface area contributed by atoms with Gasteiger partial charge in [-0.1, -0.05) is 64.9 Å². The summed E-state index contributed by atoms with van der Waals surface area (Å²) in [5, 5.41) is 0. The van der Waals surface area contributed by atoms with Crippen molar-refractivity contribution in [1.29, 1.82) is 0 Å². The van der Waals surface area contributed by atoms with Crippen LogP contribution in [0.5, 0.6) is 5.88 Å². The first-order chi connectivity index (χ1) is 15.5. The molecule has 0 fully saturated rings. The van der Waals surface area contributed by atoms with Gasteiger partial charge in [-0.3, -0.25) is 4.48 Å². The van der Waals surface area contributed by atoms with E-state index < -0.39 is 6.16 Å². The van der Waals surface area contributed by atoms with Gasteiger partial charge in [-0.25, -0.2) is 4.79 Å². The van der Waals surface area contributed by atoms with Crippen LogP contribution < -0.4 is 4.74 Å². The largest absolute Gasteiger partial charge is 0.512 e. The molecule has 0 aromatic carbocycles. The lowest BCUT2D eigenvalue weighted by Gasteiger charge is -2.41. The number of quaternary nitrogens is 1. The minimum atomic E-state index is -0.574. The third-order valence-electron chi connectivity index (χ3n) is 6.17. The normalized spacial score (nSPS) is 19.3. The second-order valence-electron chi connectivity index (χ2n) is 8.94. The molecule has 1 aliphatic rings. The topological polar surface area (TPSA) is 70.5 Å². The monoisotopic (exact) mass is 468 g/mol. The van der Waals surface area contributed by atoms with Crippen LogP contribution in [0.25, 0.3) is 5.57 Å². The summed E-state index contributed by atoms with van der Waals surface area (Å²) < 4.78 is 26.3. The van der Waals surface area contributed by atoms with Gasteiger partial charge in [-0.2, -0.15) is 4.37 Å². The van der Waals surface area contributed by atoms with Gasteiger partial charge in [0.15, 0.2) is 0 Å². The molecule has 2 atom stereocenters. The van der Waals surface area contributed by atoms with Crippen LogP contribution in [-0.4, -0.2) is 59.0 Å². The molecule has 7 nitrogen and oxygen atoms in total. The third-order valence-corrected chi connectivity index (χ3v) is 6.69. The third kappa shape index (κ3) is 8.70. The SMILES string of the molecule is CCCCCCCOC(=O)O[C@H](C)[N+]1(C)CCC=C(c2nsnc2OCCCCCC)C1. The van der Waals surface area contributed by atoms with E-state index >= 15 is 0 Å². The maximum absolute atomic E-state index is 12.2. The molecule has 0 saturated heterocycles. The zero-order valence-corrected chi connectivity index (χ0v) is 21.3. The predicted molar refractivity (Wildman–Crippen MR) is 129 cm³/mol. The van der Waals surface area contributed by atoms with Crippen LogP contribution >= 0.6 is 11.7 Å². The van der Waals surface area contributed by atoms with E-state index in [1.807, 2.05) is 6.92 Å². The summed E-state index contributed by atoms with van der Waals surface area (Å²) in [4.78, 5) is 12.2. The number of carbonyl (C=O) groups excluding carboxylic acids is 1. The van der Waals surface area contributed by atoms with Crippen molar-refractivity contribution in [2.75, 3.05) is 33.4 Å². The van der Waals surface area contributed by atoms with E-state index in [1.54, 1.807) is 0 Å². The Hall–Kier alpha value is -1.67. The number of aromatic nitrogens is 2. The van der Waals surface area contributed by atoms with E-state index in [1.165, 1.54) is 50.3 Å². The lowest BCUT2D eigenvalue weighted by molar-refractivity contribution is -0.944. The van der Waals surface area contributed by atoms with Crippen molar-refractivity contribution in [3.05, 3.63) is 11.8 Å². The Morgan fingerprint density at radius 1 is 1.06 bits per heavy atom. The number of unbranched alkanes of at least 4 members (excludes halogenated alkanes) is 7. The van der Waals surface area contributed by atoms with E-state index in [0.29, 0.717) is 30.1 Å². The van der Waals surface area contributed by atoms with Gasteiger partial charge in [0.1, 0.15) is 12.2 Å². The number of likely N-dealkylation sites (N-methyl/N-ethyl adjacent to an activating group) is 1. The van der Waals surface area contributed by atoms with Crippen molar-refractivity contribution in [2.24, 2.45) is 0 Å². The number of hydrogen-bond acceptors (Lipinski definition) is 7. The summed E-state index contributed by atoms with van der Waals surface area (Å²) in [6.07, 6.45) is 12.5. The first-order valence-electron chi connectivity index (χ1n) is 12.3. The molecule has 0 spiro atoms. The van der Waals surface area contributed by atoms with Gasteiger partial charge in [0.2, 0.25) is 6.23 Å². The van der Waals surface area contributed by atoms with E-state index in [-0.39, 0.29) is 6.23 Å². The lowest BCUT2D eigenvalue weighted by Crippen LogP contribution is -2.55. The smallest absolute Gasteiger partial charge is 0.475 e. The first-order valence-corrected chi connectivity index (χ1v) is 13.1. The summed E-state index contributed by atoms with van der Waals surface area (Å²) in [6, 6.07) is 0. The molecule has 2 rings (SSSR count). The maximum Gasteiger partial charge on any atom is 0.512 e. The van der Waals surface area contributed by atoms with Crippen LogP contribution in [0, 0.1) is 0 Å². The zero-order chi connectivity index (χ0) is 23.2. The highest BCUT2D eigenvalue weighted by Crippen LogP contribution is 2.31. The quantitative estimate of drug-likeness (QED) is 0.173. The Kier molecular flexibility index (Phi) is 12.0. The van der Waals surface area contributed by atoms with Gasteiger partial charge in [-0.05, 0) is 12.8 Å². The van der Waals surface area contributed by atoms with Crippen molar-refractivity contribution in [3.63, 3.8) is 0 Å². The molecule has 2 heterocycles. The second kappa shape index (κ2) is 14.5. The summed E-state index contributed by atoms with van der Waals surface area (Å²) in [5.74, 6) is 0.627. The Bertz CT molecular complexity index is 709. The summed E-state index contributed by atoms with van der Waals surface area (Å²) in [7, 11) is 2.11. The molecule has 0 radical (unpaired) electrons. The fourth-order valence-electron chi connectivity index (χ4n) is 3.88. The van der Waals surface area contributed by atoms with Crippen molar-refractivity contribution in [2.45, 2.75) is 91.2 Å². The Morgan fingerprint density at radius 3 is 2.50 bits per heavy atom. The molecule has 1 aromatic rings. The van der Waals surface area contributed by atoms with E-state index in [9.17, 15) is 4.79 Å². The van der Waals surface area contributed by atoms with Crippen LogP contribution in [-0.2, 0) is 9.47 Å². The molecule has 1 unspecified atom stereocenters. The van der Waals surface area contributed by atoms with Crippen LogP contribution in [0.3, 0.4) is 0 Å². The minimum absolute atomic E-state index is 0.309. The van der Waals surface area contributed by atoms with Gasteiger partial charge in [0.25, 0.3) is 5.88 Å². The number of hydrogen-bond donors (Lipinski definition) is 0. The highest BCUT2D eigenvalue weighted by atomic mass is 32.1. The second-order valence-corrected chi connectivity index (χ2v) is 9.46. The first kappa shape index (κ1) is 26.6. The van der Waals surface area contributed by atoms with Crippen molar-refractivity contribution < 1.29 is 23.5 Å². The molecular formula is C24H42N3O4S+. The number of ether oxygens (including phenoxy) is 3. The molecule has 1 aliphatic heterocycles. The molecule has 0 bridgehead atoms. The molecular weight excluding hydrogens is 426 g/mol. The fourth-order valence-corrected chi connectivity index (χ4v) is 4.41. The van der Waals surface area contributed by atoms with Gasteiger partial charge in [0.05, 0.1) is 38.5 Å². The Labute approximate surface area is 198 Å².